The molecule has 0 aliphatic heterocycles. The van der Waals surface area contributed by atoms with Crippen molar-refractivity contribution in [2.75, 3.05) is 11.9 Å². The molecule has 2 N–H and O–H groups in total. The predicted octanol–water partition coefficient (Wildman–Crippen LogP) is 3.55. The van der Waals surface area contributed by atoms with Gasteiger partial charge in [0.15, 0.2) is 0 Å². The minimum Gasteiger partial charge on any atom is -0.481 e. The van der Waals surface area contributed by atoms with Gasteiger partial charge < -0.3 is 10.4 Å². The molecular weight excluding hydrogens is 284 g/mol. The third kappa shape index (κ3) is 5.05. The number of nitrogens with zero attached hydrogens (tertiary/aromatic N) is 1. The molecule has 0 saturated carbocycles. The average Bonchev–Trinajstić information content (AvgIpc) is 2.36. The number of nitrogens with one attached hydrogen (secondary N) is 1. The van der Waals surface area contributed by atoms with Crippen molar-refractivity contribution < 1.29 is 14.8 Å². The van der Waals surface area contributed by atoms with Gasteiger partial charge in [0, 0.05) is 13.0 Å². The van der Waals surface area contributed by atoms with E-state index in [1.807, 2.05) is 6.92 Å². The summed E-state index contributed by atoms with van der Waals surface area (Å²) in [6, 6.07) is 4.72. The van der Waals surface area contributed by atoms with Crippen LogP contribution in [0.5, 0.6) is 0 Å². The molecule has 6 nitrogen and oxygen atoms in total. The van der Waals surface area contributed by atoms with Crippen LogP contribution in [0.3, 0.4) is 0 Å². The highest BCUT2D eigenvalue weighted by molar-refractivity contribution is 6.33. The van der Waals surface area contributed by atoms with Gasteiger partial charge >= 0.3 is 11.7 Å². The Bertz CT molecular complexity index is 493. The lowest BCUT2D eigenvalue weighted by molar-refractivity contribution is -0.383. The first-order chi connectivity index (χ1) is 9.41. The SMILES string of the molecule is CC(CCNc1cccc(Cl)c1[N+](=O)[O-])CCC(=O)O. The highest BCUT2D eigenvalue weighted by atomic mass is 35.5. The quantitative estimate of drug-likeness (QED) is 0.565. The highest BCUT2D eigenvalue weighted by Crippen LogP contribution is 2.32. The van der Waals surface area contributed by atoms with Crippen LogP contribution in [0, 0.1) is 16.0 Å². The lowest BCUT2D eigenvalue weighted by Crippen LogP contribution is -2.09. The molecule has 0 aliphatic carbocycles. The maximum Gasteiger partial charge on any atom is 0.310 e. The van der Waals surface area contributed by atoms with E-state index in [1.165, 1.54) is 6.07 Å². The van der Waals surface area contributed by atoms with Crippen molar-refractivity contribution in [1.82, 2.24) is 0 Å². The Hall–Kier alpha value is -1.82. The zero-order valence-electron chi connectivity index (χ0n) is 11.1. The largest absolute Gasteiger partial charge is 0.481 e. The smallest absolute Gasteiger partial charge is 0.310 e. The van der Waals surface area contributed by atoms with E-state index in [-0.39, 0.29) is 23.0 Å². The molecule has 7 heteroatoms. The molecule has 0 bridgehead atoms. The Kier molecular flexibility index (Phi) is 6.24. The Balaban J connectivity index is 2.52. The number of nitro benzene ring substituents is 1. The van der Waals surface area contributed by atoms with Crippen LogP contribution in [0.15, 0.2) is 18.2 Å². The van der Waals surface area contributed by atoms with Crippen molar-refractivity contribution in [3.63, 3.8) is 0 Å². The van der Waals surface area contributed by atoms with Crippen molar-refractivity contribution in [1.29, 1.82) is 0 Å². The third-order valence-electron chi connectivity index (χ3n) is 2.97. The summed E-state index contributed by atoms with van der Waals surface area (Å²) in [7, 11) is 0. The van der Waals surface area contributed by atoms with Crippen LogP contribution in [-0.2, 0) is 4.79 Å². The van der Waals surface area contributed by atoms with Gasteiger partial charge in [-0.2, -0.15) is 0 Å². The van der Waals surface area contributed by atoms with E-state index >= 15 is 0 Å². The van der Waals surface area contributed by atoms with Gasteiger partial charge in [-0.15, -0.1) is 0 Å². The molecule has 1 unspecified atom stereocenters. The van der Waals surface area contributed by atoms with E-state index < -0.39 is 10.9 Å². The van der Waals surface area contributed by atoms with E-state index in [9.17, 15) is 14.9 Å². The lowest BCUT2D eigenvalue weighted by atomic mass is 10.0. The standard InChI is InChI=1S/C13H17ClN2O4/c1-9(5-6-12(17)18)7-8-15-11-4-2-3-10(14)13(11)16(19)20/h2-4,9,15H,5-8H2,1H3,(H,17,18). The number of nitro groups is 1. The van der Waals surface area contributed by atoms with Crippen LogP contribution in [0.25, 0.3) is 0 Å². The van der Waals surface area contributed by atoms with Crippen LogP contribution in [0.1, 0.15) is 26.2 Å². The summed E-state index contributed by atoms with van der Waals surface area (Å²) in [5, 5.41) is 22.6. The van der Waals surface area contributed by atoms with Gasteiger partial charge in [-0.3, -0.25) is 14.9 Å². The van der Waals surface area contributed by atoms with Gasteiger partial charge in [-0.25, -0.2) is 0 Å². The van der Waals surface area contributed by atoms with E-state index in [1.54, 1.807) is 12.1 Å². The Morgan fingerprint density at radius 3 is 2.80 bits per heavy atom. The lowest BCUT2D eigenvalue weighted by Gasteiger charge is -2.12. The topological polar surface area (TPSA) is 92.5 Å². The Labute approximate surface area is 121 Å². The van der Waals surface area contributed by atoms with E-state index in [0.29, 0.717) is 18.7 Å². The van der Waals surface area contributed by atoms with Gasteiger partial charge in [0.1, 0.15) is 10.7 Å². The first kappa shape index (κ1) is 16.2. The summed E-state index contributed by atoms with van der Waals surface area (Å²) in [4.78, 5) is 20.9. The number of carbonyl (C=O) groups is 1. The number of anilines is 1. The van der Waals surface area contributed by atoms with Crippen molar-refractivity contribution in [2.45, 2.75) is 26.2 Å². The molecule has 1 atom stereocenters. The number of carboxylic acids is 1. The number of hydrogen-bond acceptors (Lipinski definition) is 4. The summed E-state index contributed by atoms with van der Waals surface area (Å²) in [5.74, 6) is -0.577. The first-order valence-corrected chi connectivity index (χ1v) is 6.68. The molecule has 0 aromatic heterocycles. The number of para-hydroxylation sites is 1. The fourth-order valence-electron chi connectivity index (χ4n) is 1.81. The molecule has 0 heterocycles. The minimum absolute atomic E-state index is 0.0962. The van der Waals surface area contributed by atoms with Crippen molar-refractivity contribution >= 4 is 28.9 Å². The number of hydrogen-bond donors (Lipinski definition) is 2. The van der Waals surface area contributed by atoms with Crippen molar-refractivity contribution in [3.8, 4) is 0 Å². The van der Waals surface area contributed by atoms with Gasteiger partial charge in [-0.1, -0.05) is 24.6 Å². The van der Waals surface area contributed by atoms with E-state index in [2.05, 4.69) is 5.32 Å². The number of aliphatic carboxylic acids is 1. The summed E-state index contributed by atoms with van der Waals surface area (Å²) >= 11 is 5.80. The molecule has 110 valence electrons. The molecule has 1 aromatic rings. The number of halogens is 1. The second-order valence-corrected chi connectivity index (χ2v) is 5.05. The summed E-state index contributed by atoms with van der Waals surface area (Å²) in [6.07, 6.45) is 1.46. The molecule has 20 heavy (non-hydrogen) atoms. The fraction of sp³-hybridized carbons (Fsp3) is 0.462. The van der Waals surface area contributed by atoms with Gasteiger partial charge in [-0.05, 0) is 30.9 Å². The molecule has 1 aromatic carbocycles. The zero-order valence-corrected chi connectivity index (χ0v) is 11.9. The van der Waals surface area contributed by atoms with Crippen molar-refractivity contribution in [3.05, 3.63) is 33.3 Å². The van der Waals surface area contributed by atoms with Gasteiger partial charge in [0.05, 0.1) is 4.92 Å². The normalized spacial score (nSPS) is 11.9. The van der Waals surface area contributed by atoms with Gasteiger partial charge in [0.2, 0.25) is 0 Å². The van der Waals surface area contributed by atoms with Crippen LogP contribution >= 0.6 is 11.6 Å². The second-order valence-electron chi connectivity index (χ2n) is 4.65. The predicted molar refractivity (Wildman–Crippen MR) is 77.2 cm³/mol. The van der Waals surface area contributed by atoms with Crippen LogP contribution in [-0.4, -0.2) is 22.5 Å². The van der Waals surface area contributed by atoms with Crippen LogP contribution in [0.4, 0.5) is 11.4 Å². The van der Waals surface area contributed by atoms with Crippen LogP contribution in [0.2, 0.25) is 5.02 Å². The molecule has 0 fully saturated rings. The van der Waals surface area contributed by atoms with E-state index in [4.69, 9.17) is 16.7 Å². The summed E-state index contributed by atoms with van der Waals surface area (Å²) < 4.78 is 0. The maximum atomic E-state index is 10.9. The molecule has 1 rings (SSSR count). The molecule has 0 saturated heterocycles. The molecule has 0 aliphatic rings. The summed E-state index contributed by atoms with van der Waals surface area (Å²) in [5.41, 5.74) is 0.250. The third-order valence-corrected chi connectivity index (χ3v) is 3.28. The fourth-order valence-corrected chi connectivity index (χ4v) is 2.05. The summed E-state index contributed by atoms with van der Waals surface area (Å²) in [6.45, 7) is 2.49. The molecule has 0 amide bonds. The highest BCUT2D eigenvalue weighted by Gasteiger charge is 2.18. The van der Waals surface area contributed by atoms with Crippen molar-refractivity contribution in [2.24, 2.45) is 5.92 Å². The Morgan fingerprint density at radius 1 is 1.50 bits per heavy atom. The number of rotatable bonds is 8. The minimum atomic E-state index is -0.810. The number of benzene rings is 1. The van der Waals surface area contributed by atoms with Gasteiger partial charge in [0.25, 0.3) is 0 Å². The second kappa shape index (κ2) is 7.69. The Morgan fingerprint density at radius 2 is 2.20 bits per heavy atom. The van der Waals surface area contributed by atoms with E-state index in [0.717, 1.165) is 6.42 Å². The molecule has 0 spiro atoms. The maximum absolute atomic E-state index is 10.9. The first-order valence-electron chi connectivity index (χ1n) is 6.30. The van der Waals surface area contributed by atoms with Crippen LogP contribution < -0.4 is 5.32 Å². The zero-order chi connectivity index (χ0) is 15.1. The molecule has 0 radical (unpaired) electrons. The molecular formula is C13H17ClN2O4. The monoisotopic (exact) mass is 300 g/mol. The average molecular weight is 301 g/mol. The number of carboxylic acid groups (broad SMARTS) is 1.